The van der Waals surface area contributed by atoms with Gasteiger partial charge in [-0.1, -0.05) is 43.7 Å². The first-order valence-electron chi connectivity index (χ1n) is 10.4. The van der Waals surface area contributed by atoms with Crippen LogP contribution in [-0.2, 0) is 23.9 Å². The number of Topliss-reactive ketones (excluding diaryl/α,β-unsaturated/α-hetero) is 1. The molecule has 2 aliphatic rings. The summed E-state index contributed by atoms with van der Waals surface area (Å²) in [6.45, 7) is 7.91. The van der Waals surface area contributed by atoms with E-state index in [9.17, 15) is 14.4 Å². The van der Waals surface area contributed by atoms with Crippen molar-refractivity contribution in [1.82, 2.24) is 5.32 Å². The van der Waals surface area contributed by atoms with Gasteiger partial charge in [-0.15, -0.1) is 0 Å². The van der Waals surface area contributed by atoms with Gasteiger partial charge in [-0.25, -0.2) is 4.79 Å². The molecule has 1 aromatic carbocycles. The van der Waals surface area contributed by atoms with E-state index in [0.29, 0.717) is 36.3 Å². The summed E-state index contributed by atoms with van der Waals surface area (Å²) in [6.07, 6.45) is 1.23. The molecule has 0 saturated carbocycles. The van der Waals surface area contributed by atoms with Crippen LogP contribution in [0.15, 0.2) is 46.8 Å². The second-order valence-electron chi connectivity index (χ2n) is 8.08. The van der Waals surface area contributed by atoms with Crippen LogP contribution in [0, 0.1) is 18.8 Å². The molecule has 1 N–H and O–H groups in total. The van der Waals surface area contributed by atoms with Crippen molar-refractivity contribution in [2.45, 2.75) is 46.5 Å². The number of esters is 2. The molecule has 0 fully saturated rings. The quantitative estimate of drug-likeness (QED) is 0.589. The molecule has 1 aliphatic heterocycles. The summed E-state index contributed by atoms with van der Waals surface area (Å²) >= 11 is 0. The standard InChI is InChI=1S/C24H29NO5/c1-6-11-30-24(28)19-15(4)25-17-12-14(3)18(23(27)29-5)22(26)21(17)20(19)16-9-7-13(2)8-10-16/h7-10,14,18,20,25H,6,11-12H2,1-5H3/t14-,18+,20-/m0/s1. The van der Waals surface area contributed by atoms with Crippen molar-refractivity contribution in [3.8, 4) is 0 Å². The minimum absolute atomic E-state index is 0.198. The second kappa shape index (κ2) is 8.86. The van der Waals surface area contributed by atoms with E-state index in [1.807, 2.05) is 52.0 Å². The predicted octanol–water partition coefficient (Wildman–Crippen LogP) is 3.56. The van der Waals surface area contributed by atoms with E-state index in [-0.39, 0.29) is 11.7 Å². The number of ether oxygens (including phenoxy) is 2. The van der Waals surface area contributed by atoms with Crippen LogP contribution in [0.25, 0.3) is 0 Å². The third-order valence-corrected chi connectivity index (χ3v) is 5.81. The van der Waals surface area contributed by atoms with E-state index in [4.69, 9.17) is 9.47 Å². The maximum absolute atomic E-state index is 13.5. The molecule has 1 heterocycles. The molecule has 0 aromatic heterocycles. The average molecular weight is 411 g/mol. The minimum Gasteiger partial charge on any atom is -0.468 e. The Bertz CT molecular complexity index is 925. The van der Waals surface area contributed by atoms with E-state index in [2.05, 4.69) is 5.32 Å². The molecule has 0 bridgehead atoms. The zero-order valence-corrected chi connectivity index (χ0v) is 18.2. The normalized spacial score (nSPS) is 23.6. The number of rotatable bonds is 5. The van der Waals surface area contributed by atoms with Crippen molar-refractivity contribution >= 4 is 17.7 Å². The van der Waals surface area contributed by atoms with Gasteiger partial charge < -0.3 is 14.8 Å². The number of carbonyl (C=O) groups excluding carboxylic acids is 3. The Morgan fingerprint density at radius 2 is 1.83 bits per heavy atom. The van der Waals surface area contributed by atoms with Gasteiger partial charge in [0.05, 0.1) is 19.3 Å². The van der Waals surface area contributed by atoms with Gasteiger partial charge in [-0.3, -0.25) is 9.59 Å². The lowest BCUT2D eigenvalue weighted by Gasteiger charge is -2.38. The fourth-order valence-corrected chi connectivity index (χ4v) is 4.32. The van der Waals surface area contributed by atoms with Gasteiger partial charge in [0.2, 0.25) is 0 Å². The Labute approximate surface area is 177 Å². The molecule has 0 unspecified atom stereocenters. The van der Waals surface area contributed by atoms with E-state index in [0.717, 1.165) is 16.8 Å². The first kappa shape index (κ1) is 21.8. The second-order valence-corrected chi connectivity index (χ2v) is 8.08. The molecule has 30 heavy (non-hydrogen) atoms. The molecule has 6 nitrogen and oxygen atoms in total. The molecule has 0 radical (unpaired) electrons. The molecule has 3 rings (SSSR count). The number of methoxy groups -OCH3 is 1. The number of dihydropyridines is 1. The van der Waals surface area contributed by atoms with E-state index in [1.165, 1.54) is 7.11 Å². The maximum atomic E-state index is 13.5. The molecule has 160 valence electrons. The number of hydrogen-bond donors (Lipinski definition) is 1. The summed E-state index contributed by atoms with van der Waals surface area (Å²) in [6, 6.07) is 7.76. The van der Waals surface area contributed by atoms with Crippen LogP contribution < -0.4 is 5.32 Å². The third kappa shape index (κ3) is 3.91. The summed E-state index contributed by atoms with van der Waals surface area (Å²) in [4.78, 5) is 38.9. The fourth-order valence-electron chi connectivity index (χ4n) is 4.32. The molecule has 1 aliphatic carbocycles. The first-order chi connectivity index (χ1) is 14.3. The zero-order chi connectivity index (χ0) is 22.0. The van der Waals surface area contributed by atoms with Crippen LogP contribution in [-0.4, -0.2) is 31.4 Å². The smallest absolute Gasteiger partial charge is 0.336 e. The summed E-state index contributed by atoms with van der Waals surface area (Å²) in [5.41, 5.74) is 4.22. The summed E-state index contributed by atoms with van der Waals surface area (Å²) in [5.74, 6) is -2.94. The van der Waals surface area contributed by atoms with Gasteiger partial charge in [0.1, 0.15) is 5.92 Å². The van der Waals surface area contributed by atoms with E-state index >= 15 is 0 Å². The number of carbonyl (C=O) groups is 3. The Balaban J connectivity index is 2.15. The van der Waals surface area contributed by atoms with Crippen LogP contribution in [0.2, 0.25) is 0 Å². The van der Waals surface area contributed by atoms with Crippen LogP contribution in [0.4, 0.5) is 0 Å². The molecule has 0 saturated heterocycles. The highest BCUT2D eigenvalue weighted by Gasteiger charge is 2.47. The molecule has 6 heteroatoms. The lowest BCUT2D eigenvalue weighted by Crippen LogP contribution is -2.43. The summed E-state index contributed by atoms with van der Waals surface area (Å²) in [5, 5.41) is 3.26. The van der Waals surface area contributed by atoms with Crippen LogP contribution in [0.1, 0.15) is 50.7 Å². The average Bonchev–Trinajstić information content (AvgIpc) is 2.71. The molecule has 0 spiro atoms. The number of hydrogen-bond acceptors (Lipinski definition) is 6. The summed E-state index contributed by atoms with van der Waals surface area (Å²) in [7, 11) is 1.29. The van der Waals surface area contributed by atoms with Gasteiger partial charge in [-0.05, 0) is 38.2 Å². The topological polar surface area (TPSA) is 81.7 Å². The minimum atomic E-state index is -0.880. The Morgan fingerprint density at radius 1 is 1.17 bits per heavy atom. The highest BCUT2D eigenvalue weighted by atomic mass is 16.5. The van der Waals surface area contributed by atoms with Crippen molar-refractivity contribution in [2.75, 3.05) is 13.7 Å². The van der Waals surface area contributed by atoms with Gasteiger partial charge in [0.15, 0.2) is 5.78 Å². The van der Waals surface area contributed by atoms with Crippen molar-refractivity contribution in [1.29, 1.82) is 0 Å². The maximum Gasteiger partial charge on any atom is 0.336 e. The zero-order valence-electron chi connectivity index (χ0n) is 18.2. The molecule has 0 amide bonds. The largest absolute Gasteiger partial charge is 0.468 e. The predicted molar refractivity (Wildman–Crippen MR) is 112 cm³/mol. The van der Waals surface area contributed by atoms with Crippen LogP contribution in [0.5, 0.6) is 0 Å². The Morgan fingerprint density at radius 3 is 2.43 bits per heavy atom. The van der Waals surface area contributed by atoms with E-state index in [1.54, 1.807) is 0 Å². The highest BCUT2D eigenvalue weighted by molar-refractivity contribution is 6.12. The third-order valence-electron chi connectivity index (χ3n) is 5.81. The Hall–Kier alpha value is -2.89. The molecule has 1 aromatic rings. The number of benzene rings is 1. The Kier molecular flexibility index (Phi) is 6.44. The monoisotopic (exact) mass is 411 g/mol. The van der Waals surface area contributed by atoms with Crippen molar-refractivity contribution in [3.63, 3.8) is 0 Å². The van der Waals surface area contributed by atoms with Gasteiger partial charge in [0, 0.05) is 22.9 Å². The summed E-state index contributed by atoms with van der Waals surface area (Å²) < 4.78 is 10.4. The van der Waals surface area contributed by atoms with Crippen molar-refractivity contribution in [3.05, 3.63) is 57.9 Å². The van der Waals surface area contributed by atoms with Gasteiger partial charge in [0.25, 0.3) is 0 Å². The molecular formula is C24H29NO5. The van der Waals surface area contributed by atoms with Gasteiger partial charge in [-0.2, -0.15) is 0 Å². The van der Waals surface area contributed by atoms with E-state index < -0.39 is 23.8 Å². The molecular weight excluding hydrogens is 382 g/mol. The number of ketones is 1. The highest BCUT2D eigenvalue weighted by Crippen LogP contribution is 2.45. The van der Waals surface area contributed by atoms with Crippen LogP contribution in [0.3, 0.4) is 0 Å². The number of allylic oxidation sites excluding steroid dienone is 3. The van der Waals surface area contributed by atoms with Gasteiger partial charge >= 0.3 is 11.9 Å². The first-order valence-corrected chi connectivity index (χ1v) is 10.4. The molecule has 3 atom stereocenters. The van der Waals surface area contributed by atoms with Crippen molar-refractivity contribution in [2.24, 2.45) is 11.8 Å². The number of nitrogens with one attached hydrogen (secondary N) is 1. The fraction of sp³-hybridized carbons (Fsp3) is 0.458. The van der Waals surface area contributed by atoms with Crippen molar-refractivity contribution < 1.29 is 23.9 Å². The SMILES string of the molecule is CCCOC(=O)C1=C(C)NC2=C(C(=O)[C@H](C(=O)OC)[C@@H](C)C2)[C@H]1c1ccc(C)cc1. The lowest BCUT2D eigenvalue weighted by atomic mass is 9.69. The lowest BCUT2D eigenvalue weighted by molar-refractivity contribution is -0.151. The van der Waals surface area contributed by atoms with Crippen LogP contribution >= 0.6 is 0 Å². The number of aryl methyl sites for hydroxylation is 1.